The molecule has 5 heteroatoms. The molecule has 0 N–H and O–H groups in total. The van der Waals surface area contributed by atoms with Gasteiger partial charge in [-0.05, 0) is 19.1 Å². The summed E-state index contributed by atoms with van der Waals surface area (Å²) in [7, 11) is 4.87. The highest BCUT2D eigenvalue weighted by Gasteiger charge is 2.17. The number of carbonyl (C=O) groups is 1. The molecule has 17 heavy (non-hydrogen) atoms. The van der Waals surface area contributed by atoms with Crippen molar-refractivity contribution in [1.29, 1.82) is 0 Å². The smallest absolute Gasteiger partial charge is 0.236 e. The minimum Gasteiger partial charge on any atom is -0.496 e. The van der Waals surface area contributed by atoms with E-state index in [2.05, 4.69) is 12.6 Å². The van der Waals surface area contributed by atoms with Gasteiger partial charge in [0.25, 0.3) is 0 Å². The average Bonchev–Trinajstić information content (AvgIpc) is 2.36. The van der Waals surface area contributed by atoms with Crippen LogP contribution in [0.25, 0.3) is 0 Å². The van der Waals surface area contributed by atoms with Gasteiger partial charge in [-0.1, -0.05) is 0 Å². The molecule has 1 aromatic rings. The Hall–Kier alpha value is -1.36. The topological polar surface area (TPSA) is 38.8 Å². The lowest BCUT2D eigenvalue weighted by Gasteiger charge is -2.21. The number of nitrogens with zero attached hydrogens (tertiary/aromatic N) is 1. The molecule has 0 bridgehead atoms. The van der Waals surface area contributed by atoms with Crippen LogP contribution in [0.5, 0.6) is 11.5 Å². The van der Waals surface area contributed by atoms with Crippen molar-refractivity contribution in [1.82, 2.24) is 0 Å². The molecular weight excluding hydrogens is 238 g/mol. The summed E-state index contributed by atoms with van der Waals surface area (Å²) in [6.45, 7) is 1.89. The minimum atomic E-state index is -0.0869. The Balaban J connectivity index is 3.25. The first-order valence-electron chi connectivity index (χ1n) is 5.15. The fourth-order valence-electron chi connectivity index (χ4n) is 1.64. The first-order valence-corrected chi connectivity index (χ1v) is 5.79. The molecule has 0 spiro atoms. The van der Waals surface area contributed by atoms with E-state index in [1.165, 1.54) is 4.90 Å². The normalized spacial score (nSPS) is 9.94. The van der Waals surface area contributed by atoms with Crippen LogP contribution in [0.2, 0.25) is 0 Å². The van der Waals surface area contributed by atoms with E-state index in [9.17, 15) is 4.79 Å². The van der Waals surface area contributed by atoms with Crippen molar-refractivity contribution < 1.29 is 14.3 Å². The molecule has 0 aromatic heterocycles. The summed E-state index contributed by atoms with van der Waals surface area (Å²) in [5.74, 6) is 1.44. The molecule has 0 radical (unpaired) electrons. The second kappa shape index (κ2) is 5.82. The van der Waals surface area contributed by atoms with Gasteiger partial charge in [0.2, 0.25) is 5.91 Å². The molecule has 0 saturated carbocycles. The molecule has 1 amide bonds. The number of benzene rings is 1. The second-order valence-electron chi connectivity index (χ2n) is 3.56. The fourth-order valence-corrected chi connectivity index (χ4v) is 1.85. The van der Waals surface area contributed by atoms with Crippen molar-refractivity contribution in [2.24, 2.45) is 0 Å². The largest absolute Gasteiger partial charge is 0.496 e. The summed E-state index contributed by atoms with van der Waals surface area (Å²) in [5, 5.41) is 0. The van der Waals surface area contributed by atoms with Gasteiger partial charge < -0.3 is 14.4 Å². The van der Waals surface area contributed by atoms with E-state index in [4.69, 9.17) is 9.47 Å². The number of thiol groups is 1. The Morgan fingerprint density at radius 3 is 2.47 bits per heavy atom. The van der Waals surface area contributed by atoms with Crippen molar-refractivity contribution in [2.75, 3.05) is 31.9 Å². The van der Waals surface area contributed by atoms with Crippen LogP contribution >= 0.6 is 12.6 Å². The van der Waals surface area contributed by atoms with Gasteiger partial charge in [-0.25, -0.2) is 0 Å². The highest BCUT2D eigenvalue weighted by Crippen LogP contribution is 2.36. The lowest BCUT2D eigenvalue weighted by atomic mass is 10.1. The van der Waals surface area contributed by atoms with Crippen LogP contribution in [0.15, 0.2) is 12.1 Å². The van der Waals surface area contributed by atoms with Gasteiger partial charge in [-0.3, -0.25) is 4.79 Å². The van der Waals surface area contributed by atoms with Gasteiger partial charge in [-0.15, -0.1) is 0 Å². The first-order chi connectivity index (χ1) is 8.06. The number of hydrogen-bond acceptors (Lipinski definition) is 4. The Kier molecular flexibility index (Phi) is 4.69. The van der Waals surface area contributed by atoms with Crippen molar-refractivity contribution in [3.8, 4) is 11.5 Å². The summed E-state index contributed by atoms with van der Waals surface area (Å²) in [5.41, 5.74) is 1.58. The third-order valence-corrected chi connectivity index (χ3v) is 2.90. The van der Waals surface area contributed by atoms with E-state index < -0.39 is 0 Å². The molecule has 0 aliphatic rings. The molecule has 94 valence electrons. The zero-order valence-electron chi connectivity index (χ0n) is 10.5. The van der Waals surface area contributed by atoms with Crippen molar-refractivity contribution >= 4 is 24.2 Å². The summed E-state index contributed by atoms with van der Waals surface area (Å²) in [6.07, 6.45) is 0. The SMILES string of the molecule is COc1ccc(N(C)C(=O)CS)c(OC)c1C. The Morgan fingerprint density at radius 1 is 1.35 bits per heavy atom. The molecule has 0 aliphatic carbocycles. The summed E-state index contributed by atoms with van der Waals surface area (Å²) in [6, 6.07) is 3.61. The second-order valence-corrected chi connectivity index (χ2v) is 3.87. The van der Waals surface area contributed by atoms with Crippen LogP contribution in [0.1, 0.15) is 5.56 Å². The fraction of sp³-hybridized carbons (Fsp3) is 0.417. The van der Waals surface area contributed by atoms with Crippen LogP contribution in [0, 0.1) is 6.92 Å². The van der Waals surface area contributed by atoms with Crippen LogP contribution in [0.3, 0.4) is 0 Å². The van der Waals surface area contributed by atoms with E-state index in [1.807, 2.05) is 13.0 Å². The monoisotopic (exact) mass is 255 g/mol. The molecule has 0 fully saturated rings. The number of carbonyl (C=O) groups excluding carboxylic acids is 1. The van der Waals surface area contributed by atoms with Gasteiger partial charge in [-0.2, -0.15) is 12.6 Å². The van der Waals surface area contributed by atoms with E-state index >= 15 is 0 Å². The highest BCUT2D eigenvalue weighted by molar-refractivity contribution is 7.81. The van der Waals surface area contributed by atoms with Gasteiger partial charge in [0.1, 0.15) is 11.5 Å². The van der Waals surface area contributed by atoms with Crippen molar-refractivity contribution in [3.63, 3.8) is 0 Å². The molecular formula is C12H17NO3S. The first kappa shape index (κ1) is 13.7. The Bertz CT molecular complexity index is 420. The standard InChI is InChI=1S/C12H17NO3S/c1-8-10(15-3)6-5-9(12(8)16-4)13(2)11(14)7-17/h5-6,17H,7H2,1-4H3. The predicted molar refractivity (Wildman–Crippen MR) is 71.5 cm³/mol. The van der Waals surface area contributed by atoms with Gasteiger partial charge in [0, 0.05) is 12.6 Å². The van der Waals surface area contributed by atoms with E-state index in [0.717, 1.165) is 11.3 Å². The van der Waals surface area contributed by atoms with Crippen molar-refractivity contribution in [3.05, 3.63) is 17.7 Å². The lowest BCUT2D eigenvalue weighted by molar-refractivity contribution is -0.115. The zero-order valence-corrected chi connectivity index (χ0v) is 11.4. The number of ether oxygens (including phenoxy) is 2. The van der Waals surface area contributed by atoms with E-state index in [1.54, 1.807) is 27.3 Å². The third-order valence-electron chi connectivity index (χ3n) is 2.63. The molecule has 1 rings (SSSR count). The quantitative estimate of drug-likeness (QED) is 0.835. The number of amides is 1. The average molecular weight is 255 g/mol. The van der Waals surface area contributed by atoms with Crippen LogP contribution in [-0.4, -0.2) is 32.9 Å². The van der Waals surface area contributed by atoms with Crippen molar-refractivity contribution in [2.45, 2.75) is 6.92 Å². The molecule has 0 unspecified atom stereocenters. The molecule has 0 heterocycles. The van der Waals surface area contributed by atoms with Gasteiger partial charge in [0.15, 0.2) is 0 Å². The molecule has 4 nitrogen and oxygen atoms in total. The number of hydrogen-bond donors (Lipinski definition) is 1. The molecule has 0 saturated heterocycles. The van der Waals surface area contributed by atoms with Gasteiger partial charge >= 0.3 is 0 Å². The Labute approximate surface area is 107 Å². The number of rotatable bonds is 4. The van der Waals surface area contributed by atoms with Gasteiger partial charge in [0.05, 0.1) is 25.7 Å². The summed E-state index contributed by atoms with van der Waals surface area (Å²) >= 11 is 3.98. The zero-order chi connectivity index (χ0) is 13.0. The summed E-state index contributed by atoms with van der Waals surface area (Å²) < 4.78 is 10.5. The number of methoxy groups -OCH3 is 2. The van der Waals surface area contributed by atoms with Crippen LogP contribution in [-0.2, 0) is 4.79 Å². The maximum atomic E-state index is 11.6. The molecule has 0 atom stereocenters. The van der Waals surface area contributed by atoms with Crippen LogP contribution < -0.4 is 14.4 Å². The third kappa shape index (κ3) is 2.66. The van der Waals surface area contributed by atoms with Crippen LogP contribution in [0.4, 0.5) is 5.69 Å². The maximum Gasteiger partial charge on any atom is 0.236 e. The lowest BCUT2D eigenvalue weighted by Crippen LogP contribution is -2.27. The molecule has 1 aromatic carbocycles. The van der Waals surface area contributed by atoms with E-state index in [-0.39, 0.29) is 11.7 Å². The minimum absolute atomic E-state index is 0.0869. The predicted octanol–water partition coefficient (Wildman–Crippen LogP) is 1.90. The number of anilines is 1. The maximum absolute atomic E-state index is 11.6. The Morgan fingerprint density at radius 2 is 2.00 bits per heavy atom. The van der Waals surface area contributed by atoms with E-state index in [0.29, 0.717) is 11.4 Å². The summed E-state index contributed by atoms with van der Waals surface area (Å²) in [4.78, 5) is 13.1. The highest BCUT2D eigenvalue weighted by atomic mass is 32.1. The molecule has 0 aliphatic heterocycles.